The van der Waals surface area contributed by atoms with Crippen LogP contribution in [0.25, 0.3) is 0 Å². The molecule has 21 heavy (non-hydrogen) atoms. The third kappa shape index (κ3) is 3.99. The molecule has 1 aliphatic heterocycles. The van der Waals surface area contributed by atoms with Gasteiger partial charge in [0.05, 0.1) is 7.11 Å². The van der Waals surface area contributed by atoms with E-state index in [9.17, 15) is 0 Å². The van der Waals surface area contributed by atoms with Gasteiger partial charge in [-0.3, -0.25) is 4.90 Å². The molecule has 0 saturated carbocycles. The second-order valence-corrected chi connectivity index (χ2v) is 6.54. The number of hydrogen-bond donors (Lipinski definition) is 1. The van der Waals surface area contributed by atoms with E-state index in [2.05, 4.69) is 39.9 Å². The van der Waals surface area contributed by atoms with Crippen molar-refractivity contribution in [3.05, 3.63) is 46.7 Å². The molecule has 4 heteroatoms. The Bertz CT molecular complexity index is 548. The third-order valence-corrected chi connectivity index (χ3v) is 4.85. The fraction of sp³-hybridized carbons (Fsp3) is 0.412. The van der Waals surface area contributed by atoms with Crippen LogP contribution in [-0.2, 0) is 6.54 Å². The number of anilines is 1. The first-order valence-corrected chi connectivity index (χ1v) is 8.37. The van der Waals surface area contributed by atoms with Gasteiger partial charge in [-0.25, -0.2) is 0 Å². The highest BCUT2D eigenvalue weighted by Crippen LogP contribution is 2.22. The molecule has 1 saturated heterocycles. The van der Waals surface area contributed by atoms with E-state index in [1.54, 1.807) is 7.11 Å². The minimum absolute atomic E-state index is 0.566. The summed E-state index contributed by atoms with van der Waals surface area (Å²) in [4.78, 5) is 4.02. The molecule has 0 unspecified atom stereocenters. The van der Waals surface area contributed by atoms with Gasteiger partial charge in [-0.15, -0.1) is 11.3 Å². The summed E-state index contributed by atoms with van der Waals surface area (Å²) in [5, 5.41) is 5.79. The van der Waals surface area contributed by atoms with Gasteiger partial charge in [0.15, 0.2) is 0 Å². The number of piperidine rings is 1. The maximum Gasteiger partial charge on any atom is 0.120 e. The zero-order valence-electron chi connectivity index (χ0n) is 12.4. The lowest BCUT2D eigenvalue weighted by Gasteiger charge is -2.32. The Balaban J connectivity index is 1.49. The van der Waals surface area contributed by atoms with Gasteiger partial charge in [-0.1, -0.05) is 12.1 Å². The molecule has 1 aromatic carbocycles. The summed E-state index contributed by atoms with van der Waals surface area (Å²) in [7, 11) is 1.71. The Kier molecular flexibility index (Phi) is 4.78. The van der Waals surface area contributed by atoms with E-state index in [4.69, 9.17) is 4.74 Å². The van der Waals surface area contributed by atoms with E-state index < -0.39 is 0 Å². The molecule has 2 aromatic rings. The quantitative estimate of drug-likeness (QED) is 0.908. The first-order chi connectivity index (χ1) is 10.3. The van der Waals surface area contributed by atoms with Crippen molar-refractivity contribution in [1.29, 1.82) is 0 Å². The molecule has 1 fully saturated rings. The lowest BCUT2D eigenvalue weighted by atomic mass is 10.0. The van der Waals surface area contributed by atoms with Crippen LogP contribution in [0.1, 0.15) is 17.7 Å². The number of ether oxygens (including phenoxy) is 1. The van der Waals surface area contributed by atoms with Gasteiger partial charge >= 0.3 is 0 Å². The number of likely N-dealkylation sites (tertiary alicyclic amines) is 1. The molecular formula is C17H22N2OS. The Hall–Kier alpha value is -1.52. The van der Waals surface area contributed by atoms with Crippen LogP contribution in [0, 0.1) is 0 Å². The zero-order valence-corrected chi connectivity index (χ0v) is 13.2. The number of nitrogens with one attached hydrogen (secondary N) is 1. The summed E-state index contributed by atoms with van der Waals surface area (Å²) in [6.45, 7) is 3.43. The second-order valence-electron chi connectivity index (χ2n) is 5.51. The molecule has 0 aliphatic carbocycles. The van der Waals surface area contributed by atoms with Gasteiger partial charge in [0, 0.05) is 42.3 Å². The van der Waals surface area contributed by atoms with Crippen molar-refractivity contribution in [3.63, 3.8) is 0 Å². The van der Waals surface area contributed by atoms with Crippen LogP contribution in [0.15, 0.2) is 41.8 Å². The van der Waals surface area contributed by atoms with E-state index in [-0.39, 0.29) is 0 Å². The number of methoxy groups -OCH3 is 1. The number of hydrogen-bond acceptors (Lipinski definition) is 4. The Morgan fingerprint density at radius 3 is 2.81 bits per heavy atom. The minimum atomic E-state index is 0.566. The van der Waals surface area contributed by atoms with Crippen molar-refractivity contribution in [2.45, 2.75) is 25.4 Å². The van der Waals surface area contributed by atoms with Crippen molar-refractivity contribution >= 4 is 17.0 Å². The maximum absolute atomic E-state index is 5.27. The maximum atomic E-state index is 5.27. The molecule has 1 aliphatic rings. The van der Waals surface area contributed by atoms with Crippen molar-refractivity contribution in [3.8, 4) is 5.75 Å². The largest absolute Gasteiger partial charge is 0.497 e. The van der Waals surface area contributed by atoms with E-state index >= 15 is 0 Å². The molecule has 0 atom stereocenters. The summed E-state index contributed by atoms with van der Waals surface area (Å²) >= 11 is 1.85. The van der Waals surface area contributed by atoms with Crippen LogP contribution in [0.2, 0.25) is 0 Å². The van der Waals surface area contributed by atoms with E-state index in [0.717, 1.165) is 18.0 Å². The summed E-state index contributed by atoms with van der Waals surface area (Å²) in [5.41, 5.74) is 1.16. The molecule has 0 spiro atoms. The van der Waals surface area contributed by atoms with Crippen molar-refractivity contribution in [2.75, 3.05) is 25.5 Å². The molecule has 3 rings (SSSR count). The van der Waals surface area contributed by atoms with E-state index in [1.807, 2.05) is 23.5 Å². The first kappa shape index (κ1) is 14.4. The molecule has 1 aromatic heterocycles. The Labute approximate surface area is 130 Å². The molecule has 0 radical (unpaired) electrons. The number of benzene rings is 1. The molecule has 1 N–H and O–H groups in total. The van der Waals surface area contributed by atoms with Crippen LogP contribution in [0.3, 0.4) is 0 Å². The summed E-state index contributed by atoms with van der Waals surface area (Å²) in [6.07, 6.45) is 2.39. The minimum Gasteiger partial charge on any atom is -0.497 e. The van der Waals surface area contributed by atoms with Crippen LogP contribution >= 0.6 is 11.3 Å². The molecule has 2 heterocycles. The van der Waals surface area contributed by atoms with Gasteiger partial charge in [0.2, 0.25) is 0 Å². The molecule has 112 valence electrons. The molecule has 3 nitrogen and oxygen atoms in total. The lowest BCUT2D eigenvalue weighted by Crippen LogP contribution is -2.38. The smallest absolute Gasteiger partial charge is 0.120 e. The summed E-state index contributed by atoms with van der Waals surface area (Å²) in [5.74, 6) is 0.912. The van der Waals surface area contributed by atoms with Crippen LogP contribution in [0.5, 0.6) is 5.75 Å². The average Bonchev–Trinajstić information content (AvgIpc) is 3.02. The lowest BCUT2D eigenvalue weighted by molar-refractivity contribution is 0.213. The summed E-state index contributed by atoms with van der Waals surface area (Å²) < 4.78 is 5.27. The van der Waals surface area contributed by atoms with E-state index in [1.165, 1.54) is 30.8 Å². The van der Waals surface area contributed by atoms with Crippen LogP contribution in [-0.4, -0.2) is 31.1 Å². The second kappa shape index (κ2) is 6.96. The van der Waals surface area contributed by atoms with Crippen molar-refractivity contribution in [2.24, 2.45) is 0 Å². The Morgan fingerprint density at radius 2 is 2.10 bits per heavy atom. The predicted octanol–water partition coefficient (Wildman–Crippen LogP) is 3.83. The highest BCUT2D eigenvalue weighted by molar-refractivity contribution is 7.09. The standard InChI is InChI=1S/C17H22N2OS/c1-20-16-5-2-4-15(12-16)18-14-7-9-19(10-8-14)13-17-6-3-11-21-17/h2-6,11-12,14,18H,7-10,13H2,1H3. The number of thiophene rings is 1. The number of rotatable bonds is 5. The first-order valence-electron chi connectivity index (χ1n) is 7.49. The molecule has 0 bridgehead atoms. The third-order valence-electron chi connectivity index (χ3n) is 3.99. The van der Waals surface area contributed by atoms with Gasteiger partial charge in [-0.2, -0.15) is 0 Å². The SMILES string of the molecule is COc1cccc(NC2CCN(Cc3cccs3)CC2)c1. The van der Waals surface area contributed by atoms with E-state index in [0.29, 0.717) is 6.04 Å². The van der Waals surface area contributed by atoms with Gasteiger partial charge in [-0.05, 0) is 36.4 Å². The zero-order chi connectivity index (χ0) is 14.5. The fourth-order valence-corrected chi connectivity index (χ4v) is 3.55. The Morgan fingerprint density at radius 1 is 1.24 bits per heavy atom. The van der Waals surface area contributed by atoms with Gasteiger partial charge in [0.25, 0.3) is 0 Å². The van der Waals surface area contributed by atoms with Crippen molar-refractivity contribution < 1.29 is 4.74 Å². The number of nitrogens with zero attached hydrogens (tertiary/aromatic N) is 1. The van der Waals surface area contributed by atoms with Crippen LogP contribution < -0.4 is 10.1 Å². The topological polar surface area (TPSA) is 24.5 Å². The fourth-order valence-electron chi connectivity index (χ4n) is 2.81. The molecular weight excluding hydrogens is 280 g/mol. The van der Waals surface area contributed by atoms with Gasteiger partial charge < -0.3 is 10.1 Å². The highest BCUT2D eigenvalue weighted by Gasteiger charge is 2.19. The van der Waals surface area contributed by atoms with Gasteiger partial charge in [0.1, 0.15) is 5.75 Å². The highest BCUT2D eigenvalue weighted by atomic mass is 32.1. The monoisotopic (exact) mass is 302 g/mol. The average molecular weight is 302 g/mol. The molecule has 0 amide bonds. The predicted molar refractivity (Wildman–Crippen MR) is 89.2 cm³/mol. The normalized spacial score (nSPS) is 16.8. The van der Waals surface area contributed by atoms with Crippen molar-refractivity contribution in [1.82, 2.24) is 4.90 Å². The van der Waals surface area contributed by atoms with Crippen LogP contribution in [0.4, 0.5) is 5.69 Å². The summed E-state index contributed by atoms with van der Waals surface area (Å²) in [6, 6.07) is 13.1.